The van der Waals surface area contributed by atoms with Gasteiger partial charge in [0.2, 0.25) is 0 Å². The van der Waals surface area contributed by atoms with Crippen LogP contribution < -0.4 is 36.4 Å². The number of aromatic nitrogens is 1. The molecule has 0 spiro atoms. The van der Waals surface area contributed by atoms with Crippen molar-refractivity contribution in [2.75, 3.05) is 0 Å². The van der Waals surface area contributed by atoms with Gasteiger partial charge in [-0.05, 0) is 102 Å². The zero-order valence-electron chi connectivity index (χ0n) is 35.4. The van der Waals surface area contributed by atoms with Crippen molar-refractivity contribution in [3.63, 3.8) is 0 Å². The highest BCUT2D eigenvalue weighted by atomic mass is 32.2. The van der Waals surface area contributed by atoms with E-state index in [-0.39, 0.29) is 5.99 Å². The van der Waals surface area contributed by atoms with Crippen molar-refractivity contribution < 1.29 is 4.74 Å². The van der Waals surface area contributed by atoms with Crippen LogP contribution in [0.3, 0.4) is 0 Å². The van der Waals surface area contributed by atoms with E-state index >= 15 is 0 Å². The molecule has 0 aliphatic carbocycles. The molecule has 65 heavy (non-hydrogen) atoms. The van der Waals surface area contributed by atoms with Crippen LogP contribution in [0.15, 0.2) is 248 Å². The first-order valence-electron chi connectivity index (χ1n) is 22.4. The van der Waals surface area contributed by atoms with Crippen molar-refractivity contribution in [1.82, 2.24) is 4.57 Å². The van der Waals surface area contributed by atoms with E-state index in [9.17, 15) is 0 Å². The number of hydrogen-bond acceptors (Lipinski definition) is 2. The second kappa shape index (κ2) is 15.3. The lowest BCUT2D eigenvalue weighted by atomic mass is 9.57. The third kappa shape index (κ3) is 5.96. The Labute approximate surface area is 384 Å². The Hall–Kier alpha value is -7.57. The molecule has 2 aliphatic rings. The maximum Gasteiger partial charge on any atom is 0.289 e. The summed E-state index contributed by atoms with van der Waals surface area (Å²) in [6.45, 7) is 0. The van der Waals surface area contributed by atoms with Gasteiger partial charge in [-0.3, -0.25) is 0 Å². The fourth-order valence-electron chi connectivity index (χ4n) is 10.8. The van der Waals surface area contributed by atoms with Crippen LogP contribution in [-0.2, 0) is 0 Å². The molecule has 0 saturated carbocycles. The zero-order chi connectivity index (χ0) is 42.9. The van der Waals surface area contributed by atoms with E-state index in [0.29, 0.717) is 0 Å². The summed E-state index contributed by atoms with van der Waals surface area (Å²) in [5, 5.41) is 7.95. The molecular weight excluding hydrogens is 822 g/mol. The second-order valence-electron chi connectivity index (χ2n) is 17.1. The van der Waals surface area contributed by atoms with Gasteiger partial charge in [0, 0.05) is 21.2 Å². The first-order valence-corrected chi connectivity index (χ1v) is 25.2. The topological polar surface area (TPSA) is 14.2 Å². The molecule has 0 fully saturated rings. The van der Waals surface area contributed by atoms with Gasteiger partial charge in [-0.25, -0.2) is 0 Å². The highest BCUT2D eigenvalue weighted by Gasteiger charge is 2.42. The predicted octanol–water partition coefficient (Wildman–Crippen LogP) is 11.5. The monoisotopic (exact) mass is 861 g/mol. The van der Waals surface area contributed by atoms with Gasteiger partial charge in [0.15, 0.2) is 8.07 Å². The van der Waals surface area contributed by atoms with Crippen LogP contribution in [-0.4, -0.2) is 18.6 Å². The molecular formula is C60H40BNOSSi. The molecule has 1 aromatic heterocycles. The molecule has 11 aromatic rings. The fourth-order valence-corrected chi connectivity index (χ4v) is 17.0. The molecule has 0 bridgehead atoms. The second-order valence-corrected chi connectivity index (χ2v) is 22.1. The number of benzene rings is 10. The van der Waals surface area contributed by atoms with Gasteiger partial charge in [-0.15, -0.1) is 0 Å². The molecule has 2 nitrogen and oxygen atoms in total. The normalized spacial score (nSPS) is 12.6. The van der Waals surface area contributed by atoms with Gasteiger partial charge in [0.1, 0.15) is 11.5 Å². The number of fused-ring (bicyclic) bond motifs is 7. The summed E-state index contributed by atoms with van der Waals surface area (Å²) in [6.07, 6.45) is 0. The van der Waals surface area contributed by atoms with Gasteiger partial charge < -0.3 is 9.30 Å². The Balaban J connectivity index is 0.964. The lowest BCUT2D eigenvalue weighted by Crippen LogP contribution is -2.74. The molecule has 0 atom stereocenters. The van der Waals surface area contributed by atoms with Gasteiger partial charge in [0.25, 0.3) is 5.99 Å². The van der Waals surface area contributed by atoms with Crippen molar-refractivity contribution in [3.05, 3.63) is 243 Å². The molecule has 0 amide bonds. The Morgan fingerprint density at radius 2 is 0.954 bits per heavy atom. The van der Waals surface area contributed by atoms with Crippen molar-refractivity contribution in [3.8, 4) is 50.6 Å². The molecule has 5 heteroatoms. The van der Waals surface area contributed by atoms with Crippen LogP contribution in [0.5, 0.6) is 11.5 Å². The highest BCUT2D eigenvalue weighted by molar-refractivity contribution is 8.28. The highest BCUT2D eigenvalue weighted by Crippen LogP contribution is 2.45. The van der Waals surface area contributed by atoms with Crippen molar-refractivity contribution in [2.45, 2.75) is 4.90 Å². The largest absolute Gasteiger partial charge is 0.458 e. The number of hydrogen-bond donors (Lipinski definition) is 0. The van der Waals surface area contributed by atoms with Crippen LogP contribution >= 0.6 is 11.6 Å². The first-order chi connectivity index (χ1) is 32.2. The summed E-state index contributed by atoms with van der Waals surface area (Å²) >= 11 is 1.94. The van der Waals surface area contributed by atoms with Crippen molar-refractivity contribution in [2.24, 2.45) is 0 Å². The molecule has 304 valence electrons. The Morgan fingerprint density at radius 1 is 0.385 bits per heavy atom. The van der Waals surface area contributed by atoms with Gasteiger partial charge >= 0.3 is 0 Å². The maximum atomic E-state index is 7.11. The summed E-state index contributed by atoms with van der Waals surface area (Å²) in [4.78, 5) is 1.29. The first kappa shape index (κ1) is 37.9. The number of ether oxygens (including phenoxy) is 1. The molecule has 13 rings (SSSR count). The minimum Gasteiger partial charge on any atom is -0.458 e. The Kier molecular flexibility index (Phi) is 8.93. The van der Waals surface area contributed by atoms with E-state index in [1.807, 2.05) is 11.6 Å². The van der Waals surface area contributed by atoms with E-state index in [1.54, 1.807) is 0 Å². The molecule has 0 unspecified atom stereocenters. The minimum atomic E-state index is -2.74. The lowest BCUT2D eigenvalue weighted by Gasteiger charge is -2.35. The van der Waals surface area contributed by atoms with Crippen molar-refractivity contribution >= 4 is 79.2 Å². The Bertz CT molecular complexity index is 3480. The quantitative estimate of drug-likeness (QED) is 0.117. The van der Waals surface area contributed by atoms with E-state index in [2.05, 4.69) is 247 Å². The summed E-state index contributed by atoms with van der Waals surface area (Å²) in [7, 11) is -2.74. The van der Waals surface area contributed by atoms with Crippen LogP contribution in [0.1, 0.15) is 0 Å². The lowest BCUT2D eigenvalue weighted by molar-refractivity contribution is 0.488. The van der Waals surface area contributed by atoms with E-state index in [4.69, 9.17) is 4.74 Å². The molecule has 3 heterocycles. The van der Waals surface area contributed by atoms with Gasteiger partial charge in [-0.2, -0.15) is 11.6 Å². The summed E-state index contributed by atoms with van der Waals surface area (Å²) in [5.74, 6) is 1.90. The standard InChI is InChI=1S/C60H40BNOSSi/c1-4-20-44(21-5-1)65(45-22-6-2-7-23-45,46-24-8-3-9-25-46)47-26-18-19-41(37-47)43-38-52-51-30-13-17-34-59(51)64-61-53-39-42(35-36-57(53)63-58(40-43)60(52)61)48-27-10-14-31-54(48)62-55-32-15-11-28-49(55)50-29-12-16-33-56(50)62/h1-40H. The summed E-state index contributed by atoms with van der Waals surface area (Å²) in [6, 6.07) is 89.6. The number of para-hydroxylation sites is 3. The van der Waals surface area contributed by atoms with Crippen LogP contribution in [0.4, 0.5) is 0 Å². The fraction of sp³-hybridized carbons (Fsp3) is 0. The third-order valence-corrected chi connectivity index (χ3v) is 19.7. The average molecular weight is 862 g/mol. The van der Waals surface area contributed by atoms with Crippen LogP contribution in [0.2, 0.25) is 0 Å². The maximum absolute atomic E-state index is 7.11. The zero-order valence-corrected chi connectivity index (χ0v) is 37.3. The van der Waals surface area contributed by atoms with Gasteiger partial charge in [-0.1, -0.05) is 200 Å². The van der Waals surface area contributed by atoms with Gasteiger partial charge in [0.05, 0.1) is 16.7 Å². The molecule has 0 N–H and O–H groups in total. The van der Waals surface area contributed by atoms with E-state index < -0.39 is 8.07 Å². The third-order valence-electron chi connectivity index (χ3n) is 13.6. The molecule has 0 radical (unpaired) electrons. The summed E-state index contributed by atoms with van der Waals surface area (Å²) in [5.41, 5.74) is 13.2. The summed E-state index contributed by atoms with van der Waals surface area (Å²) < 4.78 is 9.53. The Morgan fingerprint density at radius 3 is 1.63 bits per heavy atom. The smallest absolute Gasteiger partial charge is 0.289 e. The van der Waals surface area contributed by atoms with Crippen LogP contribution in [0, 0.1) is 0 Å². The molecule has 2 aliphatic heterocycles. The van der Waals surface area contributed by atoms with Crippen LogP contribution in [0.25, 0.3) is 60.9 Å². The average Bonchev–Trinajstić information content (AvgIpc) is 3.72. The van der Waals surface area contributed by atoms with Crippen molar-refractivity contribution in [1.29, 1.82) is 0 Å². The van der Waals surface area contributed by atoms with E-state index in [1.165, 1.54) is 86.2 Å². The molecule has 0 saturated heterocycles. The number of rotatable bonds is 7. The predicted molar refractivity (Wildman–Crippen MR) is 278 cm³/mol. The number of nitrogens with zero attached hydrogens (tertiary/aromatic N) is 1. The minimum absolute atomic E-state index is 0.0636. The molecule has 10 aromatic carbocycles. The SMILES string of the molecule is c1ccc([Si](c2ccccc2)(c2ccccc2)c2cccc(-c3cc4c5c(c3)-c3ccccc3SB5c3cc(-c5ccccc5-n5c6ccccc6c6ccccc65)ccc3O4)c2)cc1. The van der Waals surface area contributed by atoms with E-state index in [0.717, 1.165) is 22.7 Å².